The first kappa shape index (κ1) is 9.98. The van der Waals surface area contributed by atoms with Crippen molar-refractivity contribution in [2.24, 2.45) is 0 Å². The van der Waals surface area contributed by atoms with E-state index in [0.29, 0.717) is 0 Å². The van der Waals surface area contributed by atoms with Crippen molar-refractivity contribution in [3.05, 3.63) is 6.92 Å². The van der Waals surface area contributed by atoms with Gasteiger partial charge < -0.3 is 0 Å². The molecule has 0 aromatic heterocycles. The van der Waals surface area contributed by atoms with Gasteiger partial charge in [-0.2, -0.15) is 0 Å². The van der Waals surface area contributed by atoms with Crippen molar-refractivity contribution in [3.63, 3.8) is 0 Å². The molecule has 0 saturated carbocycles. The minimum atomic E-state index is 0. The molecular weight excluding hydrogens is 239 g/mol. The first-order valence-electron chi connectivity index (χ1n) is 2.21. The molecule has 0 unspecified atom stereocenters. The molecule has 0 saturated heterocycles. The SMILES string of the molecule is [CH2]CCCC.[Hf]. The summed E-state index contributed by atoms with van der Waals surface area (Å²) in [5.41, 5.74) is 0. The van der Waals surface area contributed by atoms with Gasteiger partial charge in [-0.05, 0) is 0 Å². The average molecular weight is 250 g/mol. The topological polar surface area (TPSA) is 0 Å². The molecule has 0 aliphatic carbocycles. The van der Waals surface area contributed by atoms with E-state index in [-0.39, 0.29) is 25.8 Å². The van der Waals surface area contributed by atoms with E-state index in [1.165, 1.54) is 12.8 Å². The molecule has 0 heterocycles. The van der Waals surface area contributed by atoms with Crippen LogP contribution in [0.4, 0.5) is 0 Å². The molecule has 0 N–H and O–H groups in total. The molecule has 0 aliphatic heterocycles. The zero-order chi connectivity index (χ0) is 4.12. The summed E-state index contributed by atoms with van der Waals surface area (Å²) in [7, 11) is 0. The Bertz CT molecular complexity index is 11.4. The van der Waals surface area contributed by atoms with Gasteiger partial charge in [0.05, 0.1) is 0 Å². The summed E-state index contributed by atoms with van der Waals surface area (Å²) in [6.07, 6.45) is 3.65. The Labute approximate surface area is 59.1 Å². The van der Waals surface area contributed by atoms with E-state index in [2.05, 4.69) is 13.8 Å². The Morgan fingerprint density at radius 2 is 2.00 bits per heavy atom. The quantitative estimate of drug-likeness (QED) is 0.657. The van der Waals surface area contributed by atoms with Crippen molar-refractivity contribution >= 4 is 0 Å². The molecule has 0 amide bonds. The molecule has 0 aliphatic rings. The standard InChI is InChI=1S/C5H11.Hf/c1-3-5-4-2;/h1,3-5H2,2H3;. The summed E-state index contributed by atoms with van der Waals surface area (Å²) in [4.78, 5) is 0. The Balaban J connectivity index is 0. The molecule has 35 valence electrons. The second-order valence-corrected chi connectivity index (χ2v) is 1.21. The van der Waals surface area contributed by atoms with Gasteiger partial charge in [0.15, 0.2) is 0 Å². The number of hydrogen-bond donors (Lipinski definition) is 0. The predicted molar refractivity (Wildman–Crippen MR) is 24.9 cm³/mol. The Morgan fingerprint density at radius 1 is 1.50 bits per heavy atom. The van der Waals surface area contributed by atoms with Gasteiger partial charge in [-0.3, -0.25) is 0 Å². The monoisotopic (exact) mass is 251 g/mol. The van der Waals surface area contributed by atoms with Gasteiger partial charge in [-0.1, -0.05) is 33.1 Å². The van der Waals surface area contributed by atoms with Gasteiger partial charge in [-0.25, -0.2) is 0 Å². The van der Waals surface area contributed by atoms with Crippen molar-refractivity contribution in [2.45, 2.75) is 26.2 Å². The van der Waals surface area contributed by atoms with Crippen LogP contribution in [0.3, 0.4) is 0 Å². The van der Waals surface area contributed by atoms with Gasteiger partial charge in [0, 0.05) is 25.8 Å². The van der Waals surface area contributed by atoms with E-state index in [0.717, 1.165) is 6.42 Å². The van der Waals surface area contributed by atoms with Crippen LogP contribution in [-0.4, -0.2) is 0 Å². The molecule has 1 heteroatoms. The molecule has 0 spiro atoms. The molecule has 0 atom stereocenters. The number of unbranched alkanes of at least 4 members (excludes halogenated alkanes) is 2. The van der Waals surface area contributed by atoms with Crippen molar-refractivity contribution < 1.29 is 25.8 Å². The van der Waals surface area contributed by atoms with Gasteiger partial charge in [0.25, 0.3) is 0 Å². The number of rotatable bonds is 2. The summed E-state index contributed by atoms with van der Waals surface area (Å²) in [6.45, 7) is 5.85. The minimum Gasteiger partial charge on any atom is -0.0654 e. The summed E-state index contributed by atoms with van der Waals surface area (Å²) >= 11 is 0. The van der Waals surface area contributed by atoms with E-state index in [1.54, 1.807) is 0 Å². The van der Waals surface area contributed by atoms with Crippen LogP contribution in [0.5, 0.6) is 0 Å². The zero-order valence-corrected chi connectivity index (χ0v) is 7.92. The maximum Gasteiger partial charge on any atom is 0 e. The molecule has 0 rings (SSSR count). The summed E-state index contributed by atoms with van der Waals surface area (Å²) in [5.74, 6) is 0. The Hall–Kier alpha value is 0.870. The third-order valence-electron chi connectivity index (χ3n) is 0.604. The van der Waals surface area contributed by atoms with Crippen molar-refractivity contribution in [1.29, 1.82) is 0 Å². The van der Waals surface area contributed by atoms with Gasteiger partial charge in [0.2, 0.25) is 0 Å². The first-order chi connectivity index (χ1) is 2.41. The first-order valence-corrected chi connectivity index (χ1v) is 2.21. The fourth-order valence-electron chi connectivity index (χ4n) is 0.250. The van der Waals surface area contributed by atoms with E-state index < -0.39 is 0 Å². The minimum absolute atomic E-state index is 0. The van der Waals surface area contributed by atoms with Crippen LogP contribution in [0.15, 0.2) is 0 Å². The molecule has 0 bridgehead atoms. The maximum absolute atomic E-state index is 3.68. The summed E-state index contributed by atoms with van der Waals surface area (Å²) < 4.78 is 0. The van der Waals surface area contributed by atoms with Crippen LogP contribution < -0.4 is 0 Å². The van der Waals surface area contributed by atoms with E-state index >= 15 is 0 Å². The molecule has 0 nitrogen and oxygen atoms in total. The second kappa shape index (κ2) is 9.30. The average Bonchev–Trinajstić information content (AvgIpc) is 1.41. The van der Waals surface area contributed by atoms with E-state index in [4.69, 9.17) is 0 Å². The van der Waals surface area contributed by atoms with Crippen LogP contribution in [0, 0.1) is 6.92 Å². The van der Waals surface area contributed by atoms with Gasteiger partial charge >= 0.3 is 0 Å². The third kappa shape index (κ3) is 8.85. The van der Waals surface area contributed by atoms with Crippen LogP contribution in [0.25, 0.3) is 0 Å². The van der Waals surface area contributed by atoms with E-state index in [1.807, 2.05) is 0 Å². The van der Waals surface area contributed by atoms with Crippen LogP contribution in [0.2, 0.25) is 0 Å². The number of hydrogen-bond acceptors (Lipinski definition) is 0. The predicted octanol–water partition coefficient (Wildman–Crippen LogP) is 2.01. The fraction of sp³-hybridized carbons (Fsp3) is 0.800. The molecule has 6 heavy (non-hydrogen) atoms. The molecule has 1 radical (unpaired) electrons. The van der Waals surface area contributed by atoms with E-state index in [9.17, 15) is 0 Å². The second-order valence-electron chi connectivity index (χ2n) is 1.21. The van der Waals surface area contributed by atoms with Crippen molar-refractivity contribution in [3.8, 4) is 0 Å². The van der Waals surface area contributed by atoms with Crippen molar-refractivity contribution in [2.75, 3.05) is 0 Å². The summed E-state index contributed by atoms with van der Waals surface area (Å²) in [5, 5.41) is 0. The smallest absolute Gasteiger partial charge is 0 e. The van der Waals surface area contributed by atoms with Crippen LogP contribution in [0.1, 0.15) is 26.2 Å². The molecule has 0 aromatic rings. The van der Waals surface area contributed by atoms with Gasteiger partial charge in [-0.15, -0.1) is 0 Å². The fourth-order valence-corrected chi connectivity index (χ4v) is 0.250. The third-order valence-corrected chi connectivity index (χ3v) is 0.604. The Morgan fingerprint density at radius 3 is 2.00 bits per heavy atom. The summed E-state index contributed by atoms with van der Waals surface area (Å²) in [6, 6.07) is 0. The largest absolute Gasteiger partial charge is 0.0654 e. The van der Waals surface area contributed by atoms with Crippen LogP contribution in [-0.2, 0) is 25.8 Å². The maximum atomic E-state index is 3.68. The van der Waals surface area contributed by atoms with Gasteiger partial charge in [0.1, 0.15) is 0 Å². The zero-order valence-electron chi connectivity index (χ0n) is 4.33. The van der Waals surface area contributed by atoms with Crippen LogP contribution >= 0.6 is 0 Å². The molecule has 0 aromatic carbocycles. The van der Waals surface area contributed by atoms with Crippen molar-refractivity contribution in [1.82, 2.24) is 0 Å². The molecular formula is C5H11Hf. The normalized spacial score (nSPS) is 7.00. The Kier molecular flexibility index (Phi) is 15.5. The molecule has 0 fully saturated rings.